The molecule has 24 heavy (non-hydrogen) atoms. The first kappa shape index (κ1) is 18.0. The van der Waals surface area contributed by atoms with Crippen LogP contribution in [-0.4, -0.2) is 30.8 Å². The lowest BCUT2D eigenvalue weighted by molar-refractivity contribution is 0.0948. The predicted octanol–water partition coefficient (Wildman–Crippen LogP) is 3.37. The molecule has 0 aliphatic rings. The second-order valence-electron chi connectivity index (χ2n) is 5.59. The van der Waals surface area contributed by atoms with E-state index in [4.69, 9.17) is 4.74 Å². The molecule has 0 aromatic heterocycles. The number of carbonyl (C=O) groups is 1. The third-order valence-corrected chi connectivity index (χ3v) is 3.96. The van der Waals surface area contributed by atoms with Crippen LogP contribution in [0.1, 0.15) is 41.6 Å². The zero-order valence-corrected chi connectivity index (χ0v) is 14.1. The molecule has 1 unspecified atom stereocenters. The summed E-state index contributed by atoms with van der Waals surface area (Å²) in [6.07, 6.45) is 1.47. The van der Waals surface area contributed by atoms with Gasteiger partial charge >= 0.3 is 0 Å². The van der Waals surface area contributed by atoms with Gasteiger partial charge in [0.25, 0.3) is 5.91 Å². The molecule has 0 aliphatic carbocycles. The molecule has 0 bridgehead atoms. The average molecular weight is 327 g/mol. The van der Waals surface area contributed by atoms with Crippen LogP contribution < -0.4 is 10.1 Å². The highest BCUT2D eigenvalue weighted by atomic mass is 16.5. The number of hydrogen-bond acceptors (Lipinski definition) is 3. The smallest absolute Gasteiger partial charge is 0.255 e. The number of nitrogens with one attached hydrogen (secondary N) is 1. The van der Waals surface area contributed by atoms with E-state index >= 15 is 0 Å². The van der Waals surface area contributed by atoms with E-state index in [1.807, 2.05) is 37.3 Å². The first-order valence-corrected chi connectivity index (χ1v) is 8.42. The minimum absolute atomic E-state index is 0.130. The van der Waals surface area contributed by atoms with Crippen molar-refractivity contribution in [2.24, 2.45) is 0 Å². The molecule has 2 aromatic carbocycles. The van der Waals surface area contributed by atoms with Gasteiger partial charge in [-0.15, -0.1) is 0 Å². The normalized spacial score (nSPS) is 11.8. The Morgan fingerprint density at radius 3 is 2.50 bits per heavy atom. The third kappa shape index (κ3) is 5.10. The van der Waals surface area contributed by atoms with Crippen LogP contribution in [0.4, 0.5) is 0 Å². The van der Waals surface area contributed by atoms with Crippen LogP contribution in [0.15, 0.2) is 54.6 Å². The van der Waals surface area contributed by atoms with E-state index in [0.717, 1.165) is 6.42 Å². The molecule has 0 aliphatic heterocycles. The van der Waals surface area contributed by atoms with Crippen LogP contribution in [0.25, 0.3) is 0 Å². The van der Waals surface area contributed by atoms with Crippen molar-refractivity contribution >= 4 is 5.91 Å². The highest BCUT2D eigenvalue weighted by molar-refractivity contribution is 5.96. The van der Waals surface area contributed by atoms with Crippen molar-refractivity contribution in [2.45, 2.75) is 25.7 Å². The van der Waals surface area contributed by atoms with Crippen molar-refractivity contribution in [3.05, 3.63) is 65.7 Å². The number of rotatable bonds is 9. The maximum Gasteiger partial charge on any atom is 0.255 e. The topological polar surface area (TPSA) is 58.6 Å². The molecule has 2 rings (SSSR count). The quantitative estimate of drug-likeness (QED) is 0.742. The lowest BCUT2D eigenvalue weighted by atomic mass is 9.93. The summed E-state index contributed by atoms with van der Waals surface area (Å²) in [5, 5.41) is 12.2. The van der Waals surface area contributed by atoms with E-state index in [1.54, 1.807) is 12.1 Å². The number of aliphatic hydroxyl groups is 1. The molecule has 0 spiro atoms. The van der Waals surface area contributed by atoms with Gasteiger partial charge in [0.2, 0.25) is 0 Å². The first-order valence-electron chi connectivity index (χ1n) is 8.42. The number of benzene rings is 2. The summed E-state index contributed by atoms with van der Waals surface area (Å²) >= 11 is 0. The van der Waals surface area contributed by atoms with Crippen LogP contribution in [0, 0.1) is 0 Å². The second kappa shape index (κ2) is 9.73. The Hall–Kier alpha value is -2.33. The summed E-state index contributed by atoms with van der Waals surface area (Å²) in [4.78, 5) is 12.4. The van der Waals surface area contributed by atoms with Gasteiger partial charge in [0, 0.05) is 13.2 Å². The van der Waals surface area contributed by atoms with Gasteiger partial charge in [0.1, 0.15) is 5.75 Å². The van der Waals surface area contributed by atoms with Gasteiger partial charge in [-0.25, -0.2) is 0 Å². The molecule has 4 nitrogen and oxygen atoms in total. The van der Waals surface area contributed by atoms with Gasteiger partial charge in [-0.3, -0.25) is 4.79 Å². The lowest BCUT2D eigenvalue weighted by Crippen LogP contribution is -2.26. The van der Waals surface area contributed by atoms with E-state index in [0.29, 0.717) is 30.9 Å². The number of amides is 1. The van der Waals surface area contributed by atoms with Gasteiger partial charge < -0.3 is 15.2 Å². The summed E-state index contributed by atoms with van der Waals surface area (Å²) in [6, 6.07) is 17.3. The summed E-state index contributed by atoms with van der Waals surface area (Å²) in [7, 11) is 0. The molecule has 1 atom stereocenters. The van der Waals surface area contributed by atoms with E-state index in [1.165, 1.54) is 5.56 Å². The number of carbonyl (C=O) groups excluding carboxylic acids is 1. The number of hydrogen-bond donors (Lipinski definition) is 2. The van der Waals surface area contributed by atoms with E-state index in [-0.39, 0.29) is 18.4 Å². The minimum Gasteiger partial charge on any atom is -0.493 e. The molecule has 0 heterocycles. The van der Waals surface area contributed by atoms with Crippen molar-refractivity contribution in [3.8, 4) is 5.75 Å². The summed E-state index contributed by atoms with van der Waals surface area (Å²) in [5.74, 6) is 0.709. The van der Waals surface area contributed by atoms with Crippen LogP contribution in [0.3, 0.4) is 0 Å². The molecule has 0 saturated carbocycles. The van der Waals surface area contributed by atoms with Crippen LogP contribution in [-0.2, 0) is 0 Å². The molecular weight excluding hydrogens is 302 g/mol. The molecule has 0 fully saturated rings. The largest absolute Gasteiger partial charge is 0.493 e. The predicted molar refractivity (Wildman–Crippen MR) is 95.4 cm³/mol. The fourth-order valence-corrected chi connectivity index (χ4v) is 2.75. The first-order chi connectivity index (χ1) is 11.8. The standard InChI is InChI=1S/C20H25NO3/c1-2-24-19-11-7-6-10-18(19)20(23)21-14-12-17(13-15-22)16-8-4-3-5-9-16/h3-11,17,22H,2,12-15H2,1H3,(H,21,23). The van der Waals surface area contributed by atoms with Gasteiger partial charge in [-0.1, -0.05) is 42.5 Å². The summed E-state index contributed by atoms with van der Waals surface area (Å²) in [5.41, 5.74) is 1.74. The fraction of sp³-hybridized carbons (Fsp3) is 0.350. The Morgan fingerprint density at radius 2 is 1.79 bits per heavy atom. The summed E-state index contributed by atoms with van der Waals surface area (Å²) < 4.78 is 5.50. The highest BCUT2D eigenvalue weighted by Gasteiger charge is 2.14. The summed E-state index contributed by atoms with van der Waals surface area (Å²) in [6.45, 7) is 3.12. The van der Waals surface area contributed by atoms with Gasteiger partial charge in [0.05, 0.1) is 12.2 Å². The van der Waals surface area contributed by atoms with Crippen LogP contribution in [0.2, 0.25) is 0 Å². The monoisotopic (exact) mass is 327 g/mol. The SMILES string of the molecule is CCOc1ccccc1C(=O)NCCC(CCO)c1ccccc1. The fourth-order valence-electron chi connectivity index (χ4n) is 2.75. The Morgan fingerprint density at radius 1 is 1.08 bits per heavy atom. The second-order valence-corrected chi connectivity index (χ2v) is 5.59. The van der Waals surface area contributed by atoms with Gasteiger partial charge in [-0.2, -0.15) is 0 Å². The van der Waals surface area contributed by atoms with Gasteiger partial charge in [0.15, 0.2) is 0 Å². The number of para-hydroxylation sites is 1. The van der Waals surface area contributed by atoms with Crippen molar-refractivity contribution in [1.29, 1.82) is 0 Å². The number of ether oxygens (including phenoxy) is 1. The van der Waals surface area contributed by atoms with Crippen molar-refractivity contribution in [1.82, 2.24) is 5.32 Å². The van der Waals surface area contributed by atoms with Crippen molar-refractivity contribution in [2.75, 3.05) is 19.8 Å². The lowest BCUT2D eigenvalue weighted by Gasteiger charge is -2.17. The van der Waals surface area contributed by atoms with Crippen LogP contribution >= 0.6 is 0 Å². The molecule has 128 valence electrons. The van der Waals surface area contributed by atoms with E-state index < -0.39 is 0 Å². The molecule has 4 heteroatoms. The molecule has 2 aromatic rings. The van der Waals surface area contributed by atoms with E-state index in [9.17, 15) is 9.90 Å². The van der Waals surface area contributed by atoms with Crippen molar-refractivity contribution in [3.63, 3.8) is 0 Å². The zero-order chi connectivity index (χ0) is 17.2. The maximum absolute atomic E-state index is 12.4. The molecule has 0 radical (unpaired) electrons. The Kier molecular flexibility index (Phi) is 7.30. The molecular formula is C20H25NO3. The van der Waals surface area contributed by atoms with Crippen LogP contribution in [0.5, 0.6) is 5.75 Å². The molecule has 2 N–H and O–H groups in total. The average Bonchev–Trinajstić information content (AvgIpc) is 2.62. The molecule has 1 amide bonds. The van der Waals surface area contributed by atoms with Gasteiger partial charge in [-0.05, 0) is 43.4 Å². The Labute approximate surface area is 143 Å². The number of aliphatic hydroxyl groups excluding tert-OH is 1. The van der Waals surface area contributed by atoms with E-state index in [2.05, 4.69) is 17.4 Å². The maximum atomic E-state index is 12.4. The zero-order valence-electron chi connectivity index (χ0n) is 14.1. The Balaban J connectivity index is 1.93. The minimum atomic E-state index is -0.130. The Bertz CT molecular complexity index is 628. The van der Waals surface area contributed by atoms with Crippen molar-refractivity contribution < 1.29 is 14.6 Å². The third-order valence-electron chi connectivity index (χ3n) is 3.96. The highest BCUT2D eigenvalue weighted by Crippen LogP contribution is 2.23. The molecule has 0 saturated heterocycles.